The van der Waals surface area contributed by atoms with Gasteiger partial charge in [0, 0.05) is 5.41 Å². The molecule has 0 aliphatic carbocycles. The summed E-state index contributed by atoms with van der Waals surface area (Å²) in [4.78, 5) is 10.9. The molecule has 1 amide bonds. The van der Waals surface area contributed by atoms with Gasteiger partial charge in [0.25, 0.3) is 0 Å². The summed E-state index contributed by atoms with van der Waals surface area (Å²) in [6.07, 6.45) is 0.530. The molecule has 6 nitrogen and oxygen atoms in total. The summed E-state index contributed by atoms with van der Waals surface area (Å²) in [5.41, 5.74) is 3.99. The summed E-state index contributed by atoms with van der Waals surface area (Å²) >= 11 is 0. The Kier molecular flexibility index (Phi) is 6.59. The number of carbonyl (C=O) groups excluding carboxylic acids is 1. The highest BCUT2D eigenvalue weighted by Gasteiger charge is 2.52. The zero-order valence-corrected chi connectivity index (χ0v) is 11.3. The predicted molar refractivity (Wildman–Crippen MR) is 66.6 cm³/mol. The quantitative estimate of drug-likeness (QED) is 0.381. The molecule has 2 atom stereocenters. The Morgan fingerprint density at radius 3 is 2.33 bits per heavy atom. The molecule has 0 rings (SSSR count). The van der Waals surface area contributed by atoms with E-state index >= 15 is 0 Å². The van der Waals surface area contributed by atoms with Gasteiger partial charge in [0.15, 0.2) is 0 Å². The Balaban J connectivity index is 4.97. The number of nitrogens with two attached hydrogens (primary N) is 1. The predicted octanol–water partition coefficient (Wildman–Crippen LogP) is 0.730. The van der Waals surface area contributed by atoms with E-state index in [1.54, 1.807) is 13.8 Å². The standard InChI is InChI=1S/C12H25NO5/c1-4-5-6-7-11(2,3)12(17,9(15)8-14)18-10(13)16/h9,14-15,17H,4-8H2,1-3H3,(H2,13,16). The highest BCUT2D eigenvalue weighted by atomic mass is 16.7. The van der Waals surface area contributed by atoms with Crippen LogP contribution in [-0.2, 0) is 4.74 Å². The topological polar surface area (TPSA) is 113 Å². The van der Waals surface area contributed by atoms with Gasteiger partial charge < -0.3 is 25.8 Å². The second kappa shape index (κ2) is 6.92. The highest BCUT2D eigenvalue weighted by Crippen LogP contribution is 2.39. The van der Waals surface area contributed by atoms with Gasteiger partial charge in [0.05, 0.1) is 6.61 Å². The fourth-order valence-electron chi connectivity index (χ4n) is 1.93. The Hall–Kier alpha value is -0.850. The maximum absolute atomic E-state index is 10.9. The van der Waals surface area contributed by atoms with Gasteiger partial charge in [-0.2, -0.15) is 0 Å². The van der Waals surface area contributed by atoms with Crippen LogP contribution in [0.3, 0.4) is 0 Å². The van der Waals surface area contributed by atoms with Crippen molar-refractivity contribution in [2.24, 2.45) is 11.1 Å². The minimum absolute atomic E-state index is 0.529. The van der Waals surface area contributed by atoms with E-state index in [-0.39, 0.29) is 0 Å². The molecule has 18 heavy (non-hydrogen) atoms. The molecule has 0 aliphatic rings. The first kappa shape index (κ1) is 17.2. The van der Waals surface area contributed by atoms with Gasteiger partial charge in [0.1, 0.15) is 6.10 Å². The average molecular weight is 263 g/mol. The van der Waals surface area contributed by atoms with Crippen LogP contribution in [0.25, 0.3) is 0 Å². The zero-order valence-electron chi connectivity index (χ0n) is 11.3. The minimum Gasteiger partial charge on any atom is -0.414 e. The van der Waals surface area contributed by atoms with Crippen molar-refractivity contribution in [2.75, 3.05) is 6.61 Å². The molecule has 0 fully saturated rings. The number of ether oxygens (including phenoxy) is 1. The molecule has 0 aromatic rings. The van der Waals surface area contributed by atoms with Gasteiger partial charge in [-0.05, 0) is 6.42 Å². The van der Waals surface area contributed by atoms with E-state index in [0.717, 1.165) is 19.3 Å². The monoisotopic (exact) mass is 263 g/mol. The van der Waals surface area contributed by atoms with Gasteiger partial charge in [-0.15, -0.1) is 0 Å². The Labute approximate surface area is 108 Å². The van der Waals surface area contributed by atoms with Gasteiger partial charge in [-0.1, -0.05) is 40.0 Å². The number of hydrogen-bond acceptors (Lipinski definition) is 5. The Morgan fingerprint density at radius 1 is 1.39 bits per heavy atom. The number of carbonyl (C=O) groups is 1. The van der Waals surface area contributed by atoms with Crippen LogP contribution in [0, 0.1) is 5.41 Å². The van der Waals surface area contributed by atoms with Crippen molar-refractivity contribution in [3.8, 4) is 0 Å². The normalized spacial score (nSPS) is 17.0. The van der Waals surface area contributed by atoms with Crippen molar-refractivity contribution < 1.29 is 24.9 Å². The SMILES string of the molecule is CCCCCC(C)(C)C(O)(OC(N)=O)C(O)CO. The van der Waals surface area contributed by atoms with Crippen molar-refractivity contribution in [3.05, 3.63) is 0 Å². The lowest BCUT2D eigenvalue weighted by Crippen LogP contribution is -2.58. The number of aliphatic hydroxyl groups is 3. The van der Waals surface area contributed by atoms with Crippen molar-refractivity contribution in [1.82, 2.24) is 0 Å². The van der Waals surface area contributed by atoms with Crippen LogP contribution < -0.4 is 5.73 Å². The minimum atomic E-state index is -2.19. The van der Waals surface area contributed by atoms with E-state index in [4.69, 9.17) is 10.8 Å². The maximum atomic E-state index is 10.9. The molecular formula is C12H25NO5. The third kappa shape index (κ3) is 4.12. The van der Waals surface area contributed by atoms with E-state index in [2.05, 4.69) is 4.74 Å². The molecule has 0 spiro atoms. The molecule has 0 saturated carbocycles. The summed E-state index contributed by atoms with van der Waals surface area (Å²) in [5, 5.41) is 29.0. The lowest BCUT2D eigenvalue weighted by molar-refractivity contribution is -0.287. The van der Waals surface area contributed by atoms with Crippen LogP contribution in [0.4, 0.5) is 4.79 Å². The fourth-order valence-corrected chi connectivity index (χ4v) is 1.93. The van der Waals surface area contributed by atoms with Crippen LogP contribution in [0.15, 0.2) is 0 Å². The van der Waals surface area contributed by atoms with Gasteiger partial charge in [-0.25, -0.2) is 4.79 Å². The van der Waals surface area contributed by atoms with Gasteiger partial charge in [-0.3, -0.25) is 0 Å². The molecule has 0 bridgehead atoms. The first-order chi connectivity index (χ1) is 8.21. The smallest absolute Gasteiger partial charge is 0.407 e. The first-order valence-corrected chi connectivity index (χ1v) is 6.21. The fraction of sp³-hybridized carbons (Fsp3) is 0.917. The highest BCUT2D eigenvalue weighted by molar-refractivity contribution is 5.65. The number of unbranched alkanes of at least 4 members (excludes halogenated alkanes) is 2. The van der Waals surface area contributed by atoms with E-state index in [1.807, 2.05) is 6.92 Å². The molecule has 0 saturated heterocycles. The van der Waals surface area contributed by atoms with Crippen molar-refractivity contribution >= 4 is 6.09 Å². The summed E-state index contributed by atoms with van der Waals surface area (Å²) in [6.45, 7) is 4.64. The van der Waals surface area contributed by atoms with Gasteiger partial charge >= 0.3 is 6.09 Å². The van der Waals surface area contributed by atoms with Crippen LogP contribution in [-0.4, -0.2) is 39.9 Å². The van der Waals surface area contributed by atoms with Crippen molar-refractivity contribution in [2.45, 2.75) is 58.3 Å². The van der Waals surface area contributed by atoms with Crippen LogP contribution in [0.5, 0.6) is 0 Å². The van der Waals surface area contributed by atoms with E-state index in [1.165, 1.54) is 0 Å². The summed E-state index contributed by atoms with van der Waals surface area (Å²) in [5.74, 6) is -2.19. The molecule has 0 aromatic carbocycles. The number of aliphatic hydroxyl groups excluding tert-OH is 2. The number of primary amides is 1. The number of hydrogen-bond donors (Lipinski definition) is 4. The maximum Gasteiger partial charge on any atom is 0.407 e. The van der Waals surface area contributed by atoms with Crippen LogP contribution in [0.1, 0.15) is 46.5 Å². The van der Waals surface area contributed by atoms with Crippen LogP contribution >= 0.6 is 0 Å². The molecule has 2 unspecified atom stereocenters. The van der Waals surface area contributed by atoms with E-state index in [9.17, 15) is 15.0 Å². The summed E-state index contributed by atoms with van der Waals surface area (Å²) < 4.78 is 4.67. The number of amides is 1. The van der Waals surface area contributed by atoms with Crippen molar-refractivity contribution in [3.63, 3.8) is 0 Å². The molecule has 108 valence electrons. The zero-order chi connectivity index (χ0) is 14.4. The molecule has 0 heterocycles. The lowest BCUT2D eigenvalue weighted by Gasteiger charge is -2.43. The second-order valence-electron chi connectivity index (χ2n) is 5.16. The van der Waals surface area contributed by atoms with E-state index < -0.39 is 30.0 Å². The molecular weight excluding hydrogens is 238 g/mol. The second-order valence-corrected chi connectivity index (χ2v) is 5.16. The molecule has 0 aliphatic heterocycles. The molecule has 0 radical (unpaired) electrons. The Bertz CT molecular complexity index is 269. The third-order valence-corrected chi connectivity index (χ3v) is 3.26. The molecule has 0 aromatic heterocycles. The average Bonchev–Trinajstić information content (AvgIpc) is 2.26. The first-order valence-electron chi connectivity index (χ1n) is 6.21. The summed E-state index contributed by atoms with van der Waals surface area (Å²) in [7, 11) is 0. The largest absolute Gasteiger partial charge is 0.414 e. The molecule has 5 N–H and O–H groups in total. The summed E-state index contributed by atoms with van der Waals surface area (Å²) in [6, 6.07) is 0. The van der Waals surface area contributed by atoms with Crippen molar-refractivity contribution in [1.29, 1.82) is 0 Å². The van der Waals surface area contributed by atoms with E-state index in [0.29, 0.717) is 6.42 Å². The lowest BCUT2D eigenvalue weighted by atomic mass is 9.76. The van der Waals surface area contributed by atoms with Crippen LogP contribution in [0.2, 0.25) is 0 Å². The number of rotatable bonds is 8. The Morgan fingerprint density at radius 2 is 1.94 bits per heavy atom. The molecule has 6 heteroatoms. The van der Waals surface area contributed by atoms with Gasteiger partial charge in [0.2, 0.25) is 5.79 Å². The third-order valence-electron chi connectivity index (χ3n) is 3.26.